The van der Waals surface area contributed by atoms with Gasteiger partial charge in [-0.3, -0.25) is 14.5 Å². The number of rotatable bonds is 3. The van der Waals surface area contributed by atoms with Crippen LogP contribution in [-0.2, 0) is 15.3 Å². The van der Waals surface area contributed by atoms with Crippen LogP contribution in [0.3, 0.4) is 0 Å². The van der Waals surface area contributed by atoms with Gasteiger partial charge in [0.15, 0.2) is 0 Å². The minimum absolute atomic E-state index is 0.154. The van der Waals surface area contributed by atoms with E-state index in [0.29, 0.717) is 17.7 Å². The van der Waals surface area contributed by atoms with Gasteiger partial charge in [0.25, 0.3) is 5.91 Å². The van der Waals surface area contributed by atoms with Gasteiger partial charge in [0.05, 0.1) is 0 Å². The Morgan fingerprint density at radius 2 is 2.19 bits per heavy atom. The molecule has 5 nitrogen and oxygen atoms in total. The highest BCUT2D eigenvalue weighted by molar-refractivity contribution is 5.99. The molecule has 0 aromatic heterocycles. The number of hydrogen-bond acceptors (Lipinski definition) is 3. The number of benzene rings is 1. The van der Waals surface area contributed by atoms with Crippen molar-refractivity contribution in [1.29, 1.82) is 0 Å². The third-order valence-electron chi connectivity index (χ3n) is 3.33. The van der Waals surface area contributed by atoms with Crippen LogP contribution in [-0.4, -0.2) is 17.2 Å². The van der Waals surface area contributed by atoms with E-state index >= 15 is 0 Å². The molecule has 21 heavy (non-hydrogen) atoms. The number of halogens is 1. The fraction of sp³-hybridized carbons (Fsp3) is 0.200. The second-order valence-corrected chi connectivity index (χ2v) is 4.97. The first-order valence-corrected chi connectivity index (χ1v) is 6.35. The van der Waals surface area contributed by atoms with Crippen molar-refractivity contribution in [3.8, 4) is 0 Å². The Kier molecular flexibility index (Phi) is 3.80. The summed E-state index contributed by atoms with van der Waals surface area (Å²) in [6.07, 6.45) is 3.53. The lowest BCUT2D eigenvalue weighted by Crippen LogP contribution is -2.45. The summed E-state index contributed by atoms with van der Waals surface area (Å²) in [5, 5.41) is 2.70. The molecule has 2 rings (SSSR count). The van der Waals surface area contributed by atoms with Crippen LogP contribution in [0, 0.1) is 5.82 Å². The predicted molar refractivity (Wildman–Crippen MR) is 75.8 cm³/mol. The van der Waals surface area contributed by atoms with Gasteiger partial charge in [0, 0.05) is 11.3 Å². The molecule has 0 radical (unpaired) electrons. The van der Waals surface area contributed by atoms with E-state index in [1.54, 1.807) is 19.9 Å². The molecular formula is C15H16FN3O2. The first-order chi connectivity index (χ1) is 9.88. The highest BCUT2D eigenvalue weighted by Crippen LogP contribution is 2.33. The standard InChI is InChI=1S/C15H16FN3O2/c1-10(17)6-7-13-14(21)18-15(2,19(13)9-20)11-4-3-5-12(16)8-11/h3-9H,17H2,1-2H3,(H,18,21)/b10-6+,13-7-. The molecule has 6 heteroatoms. The summed E-state index contributed by atoms with van der Waals surface area (Å²) in [4.78, 5) is 24.7. The van der Waals surface area contributed by atoms with Gasteiger partial charge in [0.2, 0.25) is 6.41 Å². The summed E-state index contributed by atoms with van der Waals surface area (Å²) in [7, 11) is 0. The maximum absolute atomic E-state index is 13.4. The Labute approximate surface area is 121 Å². The number of nitrogens with two attached hydrogens (primary N) is 1. The highest BCUT2D eigenvalue weighted by atomic mass is 19.1. The number of nitrogens with one attached hydrogen (secondary N) is 1. The summed E-state index contributed by atoms with van der Waals surface area (Å²) in [5.74, 6) is -0.865. The van der Waals surface area contributed by atoms with E-state index in [9.17, 15) is 14.0 Å². The zero-order chi connectivity index (χ0) is 15.6. The van der Waals surface area contributed by atoms with Crippen molar-refractivity contribution in [2.75, 3.05) is 0 Å². The molecule has 0 spiro atoms. The molecule has 0 bridgehead atoms. The van der Waals surface area contributed by atoms with Gasteiger partial charge in [-0.2, -0.15) is 0 Å². The topological polar surface area (TPSA) is 75.4 Å². The first kappa shape index (κ1) is 14.8. The van der Waals surface area contributed by atoms with Gasteiger partial charge in [0.1, 0.15) is 17.2 Å². The Bertz CT molecular complexity index is 650. The molecule has 1 heterocycles. The van der Waals surface area contributed by atoms with Crippen LogP contribution in [0.15, 0.2) is 47.8 Å². The largest absolute Gasteiger partial charge is 0.402 e. The van der Waals surface area contributed by atoms with E-state index < -0.39 is 17.4 Å². The molecule has 1 aliphatic heterocycles. The van der Waals surface area contributed by atoms with Crippen molar-refractivity contribution < 1.29 is 14.0 Å². The third kappa shape index (κ3) is 2.65. The minimum Gasteiger partial charge on any atom is -0.402 e. The molecule has 0 aliphatic carbocycles. The molecule has 3 N–H and O–H groups in total. The maximum atomic E-state index is 13.4. The molecular weight excluding hydrogens is 273 g/mol. The van der Waals surface area contributed by atoms with E-state index in [4.69, 9.17) is 5.73 Å². The normalized spacial score (nSPS) is 24.3. The second-order valence-electron chi connectivity index (χ2n) is 4.97. The van der Waals surface area contributed by atoms with Crippen LogP contribution in [0.4, 0.5) is 4.39 Å². The Balaban J connectivity index is 2.51. The SMILES string of the molecule is C/C(N)=C\C=C1\C(=O)NC(C)(c2cccc(F)c2)N1C=O. The molecule has 2 amide bonds. The zero-order valence-corrected chi connectivity index (χ0v) is 11.8. The molecule has 0 saturated carbocycles. The van der Waals surface area contributed by atoms with Crippen LogP contribution < -0.4 is 11.1 Å². The lowest BCUT2D eigenvalue weighted by molar-refractivity contribution is -0.120. The summed E-state index contributed by atoms with van der Waals surface area (Å²) >= 11 is 0. The Morgan fingerprint density at radius 1 is 1.48 bits per heavy atom. The molecule has 1 aromatic rings. The van der Waals surface area contributed by atoms with Crippen molar-refractivity contribution in [3.05, 3.63) is 59.2 Å². The van der Waals surface area contributed by atoms with Crippen molar-refractivity contribution >= 4 is 12.3 Å². The summed E-state index contributed by atoms with van der Waals surface area (Å²) in [6.45, 7) is 3.30. The van der Waals surface area contributed by atoms with Gasteiger partial charge in [-0.05, 0) is 38.1 Å². The number of hydrogen-bond donors (Lipinski definition) is 2. The van der Waals surface area contributed by atoms with Crippen LogP contribution in [0.1, 0.15) is 19.4 Å². The monoisotopic (exact) mass is 289 g/mol. The fourth-order valence-corrected chi connectivity index (χ4v) is 2.23. The van der Waals surface area contributed by atoms with Gasteiger partial charge < -0.3 is 11.1 Å². The van der Waals surface area contributed by atoms with Crippen molar-refractivity contribution in [2.24, 2.45) is 5.73 Å². The number of carbonyl (C=O) groups excluding carboxylic acids is 2. The predicted octanol–water partition coefficient (Wildman–Crippen LogP) is 1.33. The van der Waals surface area contributed by atoms with Crippen LogP contribution >= 0.6 is 0 Å². The minimum atomic E-state index is -1.14. The summed E-state index contributed by atoms with van der Waals surface area (Å²) in [5.41, 5.74) is 5.52. The lowest BCUT2D eigenvalue weighted by atomic mass is 10.0. The number of allylic oxidation sites excluding steroid dienone is 3. The van der Waals surface area contributed by atoms with Gasteiger partial charge >= 0.3 is 0 Å². The fourth-order valence-electron chi connectivity index (χ4n) is 2.23. The average Bonchev–Trinajstić information content (AvgIpc) is 2.67. The third-order valence-corrected chi connectivity index (χ3v) is 3.33. The maximum Gasteiger partial charge on any atom is 0.270 e. The van der Waals surface area contributed by atoms with Gasteiger partial charge in [-0.15, -0.1) is 0 Å². The highest BCUT2D eigenvalue weighted by Gasteiger charge is 2.45. The van der Waals surface area contributed by atoms with Crippen LogP contribution in [0.25, 0.3) is 0 Å². The molecule has 1 fully saturated rings. The summed E-state index contributed by atoms with van der Waals surface area (Å²) in [6, 6.07) is 5.75. The van der Waals surface area contributed by atoms with Crippen LogP contribution in [0.5, 0.6) is 0 Å². The van der Waals surface area contributed by atoms with Crippen molar-refractivity contribution in [1.82, 2.24) is 10.2 Å². The molecule has 1 aliphatic rings. The van der Waals surface area contributed by atoms with E-state index in [1.165, 1.54) is 35.3 Å². The second kappa shape index (κ2) is 5.40. The van der Waals surface area contributed by atoms with E-state index in [1.807, 2.05) is 0 Å². The summed E-state index contributed by atoms with van der Waals surface area (Å²) < 4.78 is 13.4. The smallest absolute Gasteiger partial charge is 0.270 e. The zero-order valence-electron chi connectivity index (χ0n) is 11.8. The number of carbonyl (C=O) groups is 2. The average molecular weight is 289 g/mol. The van der Waals surface area contributed by atoms with E-state index in [2.05, 4.69) is 5.32 Å². The molecule has 1 atom stereocenters. The molecule has 1 aromatic carbocycles. The van der Waals surface area contributed by atoms with Crippen molar-refractivity contribution in [2.45, 2.75) is 19.5 Å². The van der Waals surface area contributed by atoms with E-state index in [-0.39, 0.29) is 5.70 Å². The van der Waals surface area contributed by atoms with Gasteiger partial charge in [-0.1, -0.05) is 12.1 Å². The molecule has 1 saturated heterocycles. The Hall–Kier alpha value is -2.63. The number of amides is 2. The number of nitrogens with zero attached hydrogens (tertiary/aromatic N) is 1. The lowest BCUT2D eigenvalue weighted by Gasteiger charge is -2.31. The van der Waals surface area contributed by atoms with Crippen LogP contribution in [0.2, 0.25) is 0 Å². The molecule has 1 unspecified atom stereocenters. The quantitative estimate of drug-likeness (QED) is 0.651. The van der Waals surface area contributed by atoms with Crippen molar-refractivity contribution in [3.63, 3.8) is 0 Å². The van der Waals surface area contributed by atoms with Gasteiger partial charge in [-0.25, -0.2) is 4.39 Å². The molecule has 110 valence electrons. The van der Waals surface area contributed by atoms with E-state index in [0.717, 1.165) is 0 Å². The Morgan fingerprint density at radius 3 is 2.76 bits per heavy atom. The first-order valence-electron chi connectivity index (χ1n) is 6.35.